The Morgan fingerprint density at radius 2 is 1.43 bits per heavy atom. The number of hydrogen-bond donors (Lipinski definition) is 2. The summed E-state index contributed by atoms with van der Waals surface area (Å²) in [4.78, 5) is 22.4. The predicted octanol–water partition coefficient (Wildman–Crippen LogP) is 6.26. The Hall–Kier alpha value is -1.94. The number of allylic oxidation sites excluding steroid dienone is 1. The average Bonchev–Trinajstić information content (AvgIpc) is 2.72. The third kappa shape index (κ3) is 15.9. The lowest BCUT2D eigenvalue weighted by molar-refractivity contribution is -0.137. The van der Waals surface area contributed by atoms with Crippen LogP contribution in [0.25, 0.3) is 0 Å². The minimum atomic E-state index is -0.703. The van der Waals surface area contributed by atoms with E-state index in [-0.39, 0.29) is 12.5 Å². The van der Waals surface area contributed by atoms with Crippen LogP contribution in [0.15, 0.2) is 42.5 Å². The fourth-order valence-corrected chi connectivity index (χ4v) is 3.53. The van der Waals surface area contributed by atoms with Crippen LogP contribution in [0, 0.1) is 0 Å². The molecule has 2 N–H and O–H groups in total. The molecular weight excluding hydrogens is 376 g/mol. The van der Waals surface area contributed by atoms with Crippen LogP contribution in [0.1, 0.15) is 95.5 Å². The third-order valence-electron chi connectivity index (χ3n) is 5.32. The summed E-state index contributed by atoms with van der Waals surface area (Å²) in [6, 6.07) is 9.90. The average molecular weight is 417 g/mol. The summed E-state index contributed by atoms with van der Waals surface area (Å²) < 4.78 is 0. The fraction of sp³-hybridized carbons (Fsp3) is 0.615. The molecule has 1 aromatic carbocycles. The third-order valence-corrected chi connectivity index (χ3v) is 5.32. The number of ketones is 1. The van der Waals surface area contributed by atoms with Crippen molar-refractivity contribution in [3.63, 3.8) is 0 Å². The van der Waals surface area contributed by atoms with Gasteiger partial charge in [0.2, 0.25) is 0 Å². The normalized spacial score (nSPS) is 12.3. The van der Waals surface area contributed by atoms with Crippen LogP contribution < -0.4 is 0 Å². The number of aliphatic carboxylic acids is 1. The van der Waals surface area contributed by atoms with E-state index in [0.29, 0.717) is 25.0 Å². The largest absolute Gasteiger partial charge is 0.481 e. The van der Waals surface area contributed by atoms with E-state index in [1.807, 2.05) is 30.3 Å². The Labute approximate surface area is 182 Å². The summed E-state index contributed by atoms with van der Waals surface area (Å²) in [6.45, 7) is 0. The second kappa shape index (κ2) is 17.9. The number of benzene rings is 1. The van der Waals surface area contributed by atoms with E-state index in [1.54, 1.807) is 0 Å². The van der Waals surface area contributed by atoms with Gasteiger partial charge in [0.15, 0.2) is 0 Å². The zero-order valence-electron chi connectivity index (χ0n) is 18.4. The van der Waals surface area contributed by atoms with E-state index in [1.165, 1.54) is 0 Å². The van der Waals surface area contributed by atoms with Gasteiger partial charge in [0, 0.05) is 19.3 Å². The molecule has 1 aromatic rings. The maximum absolute atomic E-state index is 12.0. The maximum atomic E-state index is 12.0. The number of Topliss-reactive ketones (excluding diaryl/α,β-unsaturated/α-hetero) is 1. The lowest BCUT2D eigenvalue weighted by Crippen LogP contribution is -2.04. The topological polar surface area (TPSA) is 74.6 Å². The second-order valence-electron chi connectivity index (χ2n) is 8.22. The van der Waals surface area contributed by atoms with Gasteiger partial charge >= 0.3 is 5.97 Å². The van der Waals surface area contributed by atoms with E-state index < -0.39 is 5.97 Å². The molecule has 0 fully saturated rings. The van der Waals surface area contributed by atoms with Crippen LogP contribution in [0.3, 0.4) is 0 Å². The van der Waals surface area contributed by atoms with Gasteiger partial charge in [-0.25, -0.2) is 0 Å². The van der Waals surface area contributed by atoms with Crippen molar-refractivity contribution in [1.82, 2.24) is 0 Å². The van der Waals surface area contributed by atoms with Gasteiger partial charge < -0.3 is 10.2 Å². The van der Waals surface area contributed by atoms with Gasteiger partial charge in [0.1, 0.15) is 5.78 Å². The number of carboxylic acid groups (broad SMARTS) is 1. The second-order valence-corrected chi connectivity index (χ2v) is 8.22. The molecule has 4 nitrogen and oxygen atoms in total. The molecule has 0 saturated carbocycles. The molecule has 0 bridgehead atoms. The summed E-state index contributed by atoms with van der Waals surface area (Å²) in [5.41, 5.74) is 1.09. The first-order valence-electron chi connectivity index (χ1n) is 11.7. The molecule has 0 radical (unpaired) electrons. The van der Waals surface area contributed by atoms with Crippen LogP contribution in [0.4, 0.5) is 0 Å². The SMILES string of the molecule is O=C(O)CCCCCCCC=CC[C@H](O)CCCCCCC(=O)Cc1ccccc1. The maximum Gasteiger partial charge on any atom is 0.303 e. The van der Waals surface area contributed by atoms with Crippen molar-refractivity contribution >= 4 is 11.8 Å². The van der Waals surface area contributed by atoms with Crippen molar-refractivity contribution in [3.8, 4) is 0 Å². The lowest BCUT2D eigenvalue weighted by Gasteiger charge is -2.07. The van der Waals surface area contributed by atoms with Crippen LogP contribution in [-0.2, 0) is 16.0 Å². The number of hydrogen-bond acceptors (Lipinski definition) is 3. The van der Waals surface area contributed by atoms with Crippen molar-refractivity contribution < 1.29 is 19.8 Å². The molecule has 30 heavy (non-hydrogen) atoms. The zero-order valence-corrected chi connectivity index (χ0v) is 18.4. The van der Waals surface area contributed by atoms with E-state index in [0.717, 1.165) is 76.2 Å². The molecule has 0 aliphatic heterocycles. The van der Waals surface area contributed by atoms with Gasteiger partial charge in [-0.05, 0) is 44.1 Å². The number of unbranched alkanes of at least 4 members (excludes halogenated alkanes) is 8. The highest BCUT2D eigenvalue weighted by Crippen LogP contribution is 2.12. The molecule has 0 spiro atoms. The smallest absolute Gasteiger partial charge is 0.303 e. The number of aliphatic hydroxyl groups is 1. The number of carbonyl (C=O) groups is 2. The van der Waals surface area contributed by atoms with Crippen LogP contribution in [0.5, 0.6) is 0 Å². The van der Waals surface area contributed by atoms with E-state index in [2.05, 4.69) is 12.2 Å². The highest BCUT2D eigenvalue weighted by molar-refractivity contribution is 5.80. The summed E-state index contributed by atoms with van der Waals surface area (Å²) in [7, 11) is 0. The molecule has 0 amide bonds. The Balaban J connectivity index is 1.88. The van der Waals surface area contributed by atoms with Gasteiger partial charge in [-0.15, -0.1) is 0 Å². The molecule has 0 unspecified atom stereocenters. The highest BCUT2D eigenvalue weighted by atomic mass is 16.4. The predicted molar refractivity (Wildman–Crippen MR) is 123 cm³/mol. The van der Waals surface area contributed by atoms with Crippen molar-refractivity contribution in [2.24, 2.45) is 0 Å². The molecule has 0 saturated heterocycles. The number of carboxylic acids is 1. The summed E-state index contributed by atoms with van der Waals surface area (Å²) >= 11 is 0. The Morgan fingerprint density at radius 3 is 2.17 bits per heavy atom. The molecule has 0 aliphatic carbocycles. The van der Waals surface area contributed by atoms with Gasteiger partial charge in [0.05, 0.1) is 6.10 Å². The molecule has 0 aliphatic rings. The van der Waals surface area contributed by atoms with Gasteiger partial charge in [0.25, 0.3) is 0 Å². The Bertz CT molecular complexity index is 594. The quantitative estimate of drug-likeness (QED) is 0.206. The zero-order chi connectivity index (χ0) is 21.9. The number of carbonyl (C=O) groups excluding carboxylic acids is 1. The van der Waals surface area contributed by atoms with E-state index in [9.17, 15) is 14.7 Å². The first-order chi connectivity index (χ1) is 14.6. The summed E-state index contributed by atoms with van der Waals surface area (Å²) in [5, 5.41) is 18.6. The molecular formula is C26H40O4. The van der Waals surface area contributed by atoms with Crippen LogP contribution >= 0.6 is 0 Å². The number of rotatable bonds is 19. The van der Waals surface area contributed by atoms with Crippen molar-refractivity contribution in [2.45, 2.75) is 102 Å². The fourth-order valence-electron chi connectivity index (χ4n) is 3.53. The lowest BCUT2D eigenvalue weighted by atomic mass is 10.0. The van der Waals surface area contributed by atoms with Crippen molar-refractivity contribution in [3.05, 3.63) is 48.0 Å². The van der Waals surface area contributed by atoms with E-state index in [4.69, 9.17) is 5.11 Å². The molecule has 0 heterocycles. The minimum Gasteiger partial charge on any atom is -0.481 e. The van der Waals surface area contributed by atoms with Crippen LogP contribution in [0.2, 0.25) is 0 Å². The minimum absolute atomic E-state index is 0.267. The first kappa shape index (κ1) is 26.1. The van der Waals surface area contributed by atoms with Gasteiger partial charge in [-0.3, -0.25) is 9.59 Å². The molecule has 168 valence electrons. The Morgan fingerprint density at radius 1 is 0.800 bits per heavy atom. The van der Waals surface area contributed by atoms with Crippen molar-refractivity contribution in [2.75, 3.05) is 0 Å². The Kier molecular flexibility index (Phi) is 15.6. The van der Waals surface area contributed by atoms with Crippen molar-refractivity contribution in [1.29, 1.82) is 0 Å². The molecule has 1 atom stereocenters. The van der Waals surface area contributed by atoms with E-state index >= 15 is 0 Å². The molecule has 0 aromatic heterocycles. The monoisotopic (exact) mass is 416 g/mol. The molecule has 4 heteroatoms. The van der Waals surface area contributed by atoms with Crippen LogP contribution in [-0.4, -0.2) is 28.1 Å². The highest BCUT2D eigenvalue weighted by Gasteiger charge is 2.04. The standard InChI is InChI=1S/C26H40O4/c27-24(18-12-5-3-1-2-4-6-15-21-26(29)30)19-13-7-8-14-20-25(28)22-23-16-10-9-11-17-23/h5,9-12,16-17,24,27H,1-4,6-8,13-15,18-22H2,(H,29,30)/t24-/m0/s1. The first-order valence-corrected chi connectivity index (χ1v) is 11.7. The summed E-state index contributed by atoms with van der Waals surface area (Å²) in [5.74, 6) is -0.392. The van der Waals surface area contributed by atoms with Gasteiger partial charge in [-0.1, -0.05) is 81.0 Å². The summed E-state index contributed by atoms with van der Waals surface area (Å²) in [6.07, 6.45) is 17.2. The molecule has 1 rings (SSSR count). The number of aliphatic hydroxyl groups excluding tert-OH is 1. The van der Waals surface area contributed by atoms with Gasteiger partial charge in [-0.2, -0.15) is 0 Å².